The Kier molecular flexibility index (Phi) is 11.0. The zero-order valence-electron chi connectivity index (χ0n) is 17.2. The van der Waals surface area contributed by atoms with Crippen LogP contribution in [0.25, 0.3) is 0 Å². The molecule has 1 aliphatic rings. The van der Waals surface area contributed by atoms with Crippen LogP contribution in [0.15, 0.2) is 29.3 Å². The Morgan fingerprint density at radius 2 is 2.00 bits per heavy atom. The van der Waals surface area contributed by atoms with Crippen LogP contribution >= 0.6 is 24.0 Å². The van der Waals surface area contributed by atoms with Crippen molar-refractivity contribution in [3.05, 3.63) is 29.8 Å². The van der Waals surface area contributed by atoms with E-state index in [0.717, 1.165) is 24.6 Å². The lowest BCUT2D eigenvalue weighted by Gasteiger charge is -2.36. The molecular formula is C20H33F2IN4O. The smallest absolute Gasteiger partial charge is 0.387 e. The molecule has 8 heteroatoms. The van der Waals surface area contributed by atoms with Gasteiger partial charge < -0.3 is 19.9 Å². The summed E-state index contributed by atoms with van der Waals surface area (Å²) < 4.78 is 28.9. The van der Waals surface area contributed by atoms with Gasteiger partial charge in [-0.25, -0.2) is 0 Å². The summed E-state index contributed by atoms with van der Waals surface area (Å²) in [6.07, 6.45) is 2.48. The molecule has 0 aliphatic carbocycles. The van der Waals surface area contributed by atoms with E-state index in [1.807, 2.05) is 11.9 Å². The molecule has 0 saturated carbocycles. The maximum atomic E-state index is 12.2. The van der Waals surface area contributed by atoms with E-state index in [1.165, 1.54) is 19.4 Å². The maximum absolute atomic E-state index is 12.2. The molecule has 160 valence electrons. The third kappa shape index (κ3) is 8.06. The van der Waals surface area contributed by atoms with Gasteiger partial charge in [0.15, 0.2) is 5.96 Å². The highest BCUT2D eigenvalue weighted by Gasteiger charge is 2.22. The number of nitrogens with one attached hydrogen (secondary N) is 1. The molecule has 0 amide bonds. The number of aliphatic imine (C=N–C) groups is 1. The molecular weight excluding hydrogens is 477 g/mol. The summed E-state index contributed by atoms with van der Waals surface area (Å²) in [6, 6.07) is 7.31. The molecule has 0 aromatic heterocycles. The maximum Gasteiger partial charge on any atom is 0.387 e. The standard InChI is InChI=1S/C20H32F2N4O.HI/c1-15(2)26-11-5-6-17(14-26)12-24-20(23-3)25(4)13-16-7-9-18(10-8-16)27-19(21)22;/h7-10,15,17,19H,5-6,11-14H2,1-4H3,(H,23,24);1H. The summed E-state index contributed by atoms with van der Waals surface area (Å²) in [7, 11) is 3.75. The molecule has 1 N–H and O–H groups in total. The lowest BCUT2D eigenvalue weighted by atomic mass is 9.97. The highest BCUT2D eigenvalue weighted by atomic mass is 127. The second-order valence-corrected chi connectivity index (χ2v) is 7.40. The first-order valence-electron chi connectivity index (χ1n) is 9.58. The lowest BCUT2D eigenvalue weighted by Crippen LogP contribution is -2.46. The molecule has 1 aromatic carbocycles. The molecule has 1 aliphatic heterocycles. The van der Waals surface area contributed by atoms with Gasteiger partial charge >= 0.3 is 6.61 Å². The van der Waals surface area contributed by atoms with Crippen LogP contribution in [0, 0.1) is 5.92 Å². The molecule has 1 saturated heterocycles. The quantitative estimate of drug-likeness (QED) is 0.342. The van der Waals surface area contributed by atoms with Crippen molar-refractivity contribution in [3.63, 3.8) is 0 Å². The monoisotopic (exact) mass is 510 g/mol. The van der Waals surface area contributed by atoms with Crippen molar-refractivity contribution >= 4 is 29.9 Å². The Hall–Kier alpha value is -1.16. The summed E-state index contributed by atoms with van der Waals surface area (Å²) >= 11 is 0. The average molecular weight is 510 g/mol. The number of hydrogen-bond acceptors (Lipinski definition) is 3. The zero-order valence-corrected chi connectivity index (χ0v) is 19.5. The molecule has 28 heavy (non-hydrogen) atoms. The first kappa shape index (κ1) is 24.9. The number of likely N-dealkylation sites (tertiary alicyclic amines) is 1. The van der Waals surface area contributed by atoms with Crippen LogP contribution in [-0.2, 0) is 6.54 Å². The highest BCUT2D eigenvalue weighted by Crippen LogP contribution is 2.18. The first-order chi connectivity index (χ1) is 12.9. The van der Waals surface area contributed by atoms with Crippen molar-refractivity contribution < 1.29 is 13.5 Å². The minimum Gasteiger partial charge on any atom is -0.435 e. The van der Waals surface area contributed by atoms with E-state index in [4.69, 9.17) is 0 Å². The molecule has 1 unspecified atom stereocenters. The normalized spacial score (nSPS) is 18.1. The fraction of sp³-hybridized carbons (Fsp3) is 0.650. The van der Waals surface area contributed by atoms with Crippen LogP contribution in [-0.4, -0.2) is 62.1 Å². The molecule has 1 aromatic rings. The van der Waals surface area contributed by atoms with Gasteiger partial charge in [-0.05, 0) is 56.8 Å². The van der Waals surface area contributed by atoms with Crippen LogP contribution in [0.4, 0.5) is 8.78 Å². The number of nitrogens with zero attached hydrogens (tertiary/aromatic N) is 3. The number of guanidine groups is 1. The number of piperidine rings is 1. The van der Waals surface area contributed by atoms with Gasteiger partial charge in [0.05, 0.1) is 0 Å². The van der Waals surface area contributed by atoms with Crippen LogP contribution in [0.1, 0.15) is 32.3 Å². The third-order valence-electron chi connectivity index (χ3n) is 4.97. The van der Waals surface area contributed by atoms with Crippen molar-refractivity contribution in [3.8, 4) is 5.75 Å². The Morgan fingerprint density at radius 3 is 2.57 bits per heavy atom. The fourth-order valence-electron chi connectivity index (χ4n) is 3.48. The molecule has 1 fully saturated rings. The largest absolute Gasteiger partial charge is 0.435 e. The van der Waals surface area contributed by atoms with Gasteiger partial charge in [0.1, 0.15) is 5.75 Å². The van der Waals surface area contributed by atoms with Gasteiger partial charge in [0, 0.05) is 39.8 Å². The van der Waals surface area contributed by atoms with Crippen molar-refractivity contribution in [2.45, 2.75) is 45.9 Å². The molecule has 1 atom stereocenters. The van der Waals surface area contributed by atoms with Crippen molar-refractivity contribution in [2.24, 2.45) is 10.9 Å². The molecule has 0 radical (unpaired) electrons. The number of halogens is 3. The first-order valence-corrected chi connectivity index (χ1v) is 9.58. The topological polar surface area (TPSA) is 40.1 Å². The van der Waals surface area contributed by atoms with E-state index in [9.17, 15) is 8.78 Å². The van der Waals surface area contributed by atoms with Gasteiger partial charge in [-0.2, -0.15) is 8.78 Å². The zero-order chi connectivity index (χ0) is 19.8. The van der Waals surface area contributed by atoms with Gasteiger partial charge in [-0.3, -0.25) is 4.99 Å². The molecule has 5 nitrogen and oxygen atoms in total. The van der Waals surface area contributed by atoms with Crippen LogP contribution in [0.3, 0.4) is 0 Å². The molecule has 0 bridgehead atoms. The van der Waals surface area contributed by atoms with Gasteiger partial charge in [-0.1, -0.05) is 12.1 Å². The van der Waals surface area contributed by atoms with Gasteiger partial charge in [0.25, 0.3) is 0 Å². The van der Waals surface area contributed by atoms with Crippen molar-refractivity contribution in [2.75, 3.05) is 33.7 Å². The summed E-state index contributed by atoms with van der Waals surface area (Å²) in [6.45, 7) is 5.55. The molecule has 2 rings (SSSR count). The fourth-order valence-corrected chi connectivity index (χ4v) is 3.48. The SMILES string of the molecule is CN=C(NCC1CCCN(C(C)C)C1)N(C)Cc1ccc(OC(F)F)cc1.I. The van der Waals surface area contributed by atoms with E-state index in [1.54, 1.807) is 31.3 Å². The van der Waals surface area contributed by atoms with Crippen molar-refractivity contribution in [1.29, 1.82) is 0 Å². The molecule has 0 spiro atoms. The van der Waals surface area contributed by atoms with Crippen LogP contribution < -0.4 is 10.1 Å². The Morgan fingerprint density at radius 1 is 1.32 bits per heavy atom. The number of ether oxygens (including phenoxy) is 1. The third-order valence-corrected chi connectivity index (χ3v) is 4.97. The summed E-state index contributed by atoms with van der Waals surface area (Å²) in [5.74, 6) is 1.63. The highest BCUT2D eigenvalue weighted by molar-refractivity contribution is 14.0. The average Bonchev–Trinajstić information content (AvgIpc) is 2.63. The summed E-state index contributed by atoms with van der Waals surface area (Å²) in [5, 5.41) is 3.48. The van der Waals surface area contributed by atoms with E-state index in [-0.39, 0.29) is 29.7 Å². The lowest BCUT2D eigenvalue weighted by molar-refractivity contribution is -0.0498. The van der Waals surface area contributed by atoms with Crippen molar-refractivity contribution in [1.82, 2.24) is 15.1 Å². The number of benzene rings is 1. The summed E-state index contributed by atoms with van der Waals surface area (Å²) in [4.78, 5) is 8.94. The van der Waals surface area contributed by atoms with Gasteiger partial charge in [-0.15, -0.1) is 24.0 Å². The minimum absolute atomic E-state index is 0. The van der Waals surface area contributed by atoms with E-state index >= 15 is 0 Å². The van der Waals surface area contributed by atoms with E-state index in [0.29, 0.717) is 18.5 Å². The minimum atomic E-state index is -2.80. The Balaban J connectivity index is 0.00000392. The van der Waals surface area contributed by atoms with E-state index in [2.05, 4.69) is 33.8 Å². The molecule has 1 heterocycles. The number of hydrogen-bond donors (Lipinski definition) is 1. The second kappa shape index (κ2) is 12.4. The Bertz CT molecular complexity index is 598. The summed E-state index contributed by atoms with van der Waals surface area (Å²) in [5.41, 5.74) is 1.01. The predicted molar refractivity (Wildman–Crippen MR) is 121 cm³/mol. The number of rotatable bonds is 7. The van der Waals surface area contributed by atoms with E-state index < -0.39 is 6.61 Å². The van der Waals surface area contributed by atoms with Gasteiger partial charge in [0.2, 0.25) is 0 Å². The Labute approximate surface area is 184 Å². The number of alkyl halides is 2. The second-order valence-electron chi connectivity index (χ2n) is 7.40. The van der Waals surface area contributed by atoms with Crippen LogP contribution in [0.5, 0.6) is 5.75 Å². The van der Waals surface area contributed by atoms with Crippen LogP contribution in [0.2, 0.25) is 0 Å². The predicted octanol–water partition coefficient (Wildman–Crippen LogP) is 4.03.